The molecule has 0 saturated carbocycles. The summed E-state index contributed by atoms with van der Waals surface area (Å²) in [6, 6.07) is 0. The van der Waals surface area contributed by atoms with Gasteiger partial charge in [-0.3, -0.25) is 4.68 Å². The highest BCUT2D eigenvalue weighted by molar-refractivity contribution is 5.28. The minimum absolute atomic E-state index is 0.179. The van der Waals surface area contributed by atoms with Crippen LogP contribution in [0.2, 0.25) is 0 Å². The van der Waals surface area contributed by atoms with Crippen LogP contribution in [0.3, 0.4) is 0 Å². The molecule has 0 aliphatic rings. The van der Waals surface area contributed by atoms with Crippen molar-refractivity contribution in [1.29, 1.82) is 0 Å². The Kier molecular flexibility index (Phi) is 4.76. The van der Waals surface area contributed by atoms with Gasteiger partial charge in [0, 0.05) is 13.7 Å². The van der Waals surface area contributed by atoms with Gasteiger partial charge >= 0.3 is 0 Å². The van der Waals surface area contributed by atoms with E-state index in [-0.39, 0.29) is 11.5 Å². The highest BCUT2D eigenvalue weighted by Crippen LogP contribution is 2.36. The highest BCUT2D eigenvalue weighted by atomic mass is 16.5. The molecule has 5 nitrogen and oxygen atoms in total. The second-order valence-corrected chi connectivity index (χ2v) is 5.38. The van der Waals surface area contributed by atoms with Crippen LogP contribution < -0.4 is 4.74 Å². The zero-order valence-electron chi connectivity index (χ0n) is 12.1. The number of aliphatic hydroxyl groups excluding tert-OH is 1. The highest BCUT2D eigenvalue weighted by Gasteiger charge is 2.35. The summed E-state index contributed by atoms with van der Waals surface area (Å²) in [7, 11) is 3.18. The molecule has 2 unspecified atom stereocenters. The lowest BCUT2D eigenvalue weighted by Crippen LogP contribution is -2.35. The monoisotopic (exact) mass is 256 g/mol. The summed E-state index contributed by atoms with van der Waals surface area (Å²) in [5.74, 6) is 0.593. The maximum atomic E-state index is 10.6. The van der Waals surface area contributed by atoms with Gasteiger partial charge in [-0.05, 0) is 12.3 Å². The summed E-state index contributed by atoms with van der Waals surface area (Å²) in [5, 5.41) is 14.8. The van der Waals surface area contributed by atoms with Gasteiger partial charge in [0.05, 0.1) is 19.4 Å². The molecule has 0 bridgehead atoms. The molecular formula is C13H24N2O3. The fourth-order valence-electron chi connectivity index (χ4n) is 2.18. The van der Waals surface area contributed by atoms with Crippen LogP contribution in [0.5, 0.6) is 5.75 Å². The third kappa shape index (κ3) is 2.84. The number of ether oxygens (including phenoxy) is 2. The third-order valence-corrected chi connectivity index (χ3v) is 3.04. The molecule has 18 heavy (non-hydrogen) atoms. The molecule has 1 N–H and O–H groups in total. The third-order valence-electron chi connectivity index (χ3n) is 3.04. The van der Waals surface area contributed by atoms with Gasteiger partial charge in [0.2, 0.25) is 0 Å². The Morgan fingerprint density at radius 1 is 1.39 bits per heavy atom. The molecule has 0 spiro atoms. The topological polar surface area (TPSA) is 56.5 Å². The lowest BCUT2D eigenvalue weighted by Gasteiger charge is -2.33. The summed E-state index contributed by atoms with van der Waals surface area (Å²) in [6.07, 6.45) is 0.526. The van der Waals surface area contributed by atoms with Crippen molar-refractivity contribution in [2.24, 2.45) is 5.41 Å². The van der Waals surface area contributed by atoms with Crippen LogP contribution in [-0.4, -0.2) is 35.2 Å². The Morgan fingerprint density at radius 3 is 2.39 bits per heavy atom. The summed E-state index contributed by atoms with van der Waals surface area (Å²) in [4.78, 5) is 0. The molecule has 0 radical (unpaired) electrons. The second-order valence-electron chi connectivity index (χ2n) is 5.38. The minimum Gasteiger partial charge on any atom is -0.493 e. The summed E-state index contributed by atoms with van der Waals surface area (Å²) >= 11 is 0. The van der Waals surface area contributed by atoms with E-state index in [1.165, 1.54) is 0 Å². The molecule has 0 aliphatic heterocycles. The predicted octanol–water partition coefficient (Wildman–Crippen LogP) is 2.01. The van der Waals surface area contributed by atoms with Gasteiger partial charge in [-0.15, -0.1) is 0 Å². The quantitative estimate of drug-likeness (QED) is 0.875. The predicted molar refractivity (Wildman–Crippen MR) is 69.7 cm³/mol. The number of hydrogen-bond donors (Lipinski definition) is 1. The molecule has 5 heteroatoms. The molecule has 0 aliphatic carbocycles. The van der Waals surface area contributed by atoms with Crippen LogP contribution in [0.1, 0.15) is 39.5 Å². The Morgan fingerprint density at radius 2 is 2.00 bits per heavy atom. The van der Waals surface area contributed by atoms with Crippen molar-refractivity contribution in [3.05, 3.63) is 11.9 Å². The number of aryl methyl sites for hydroxylation is 1. The number of rotatable bonds is 5. The molecule has 2 atom stereocenters. The number of aromatic nitrogens is 2. The summed E-state index contributed by atoms with van der Waals surface area (Å²) < 4.78 is 12.4. The molecule has 0 fully saturated rings. The first-order valence-electron chi connectivity index (χ1n) is 6.17. The van der Waals surface area contributed by atoms with Crippen LogP contribution in [0, 0.1) is 5.41 Å². The molecular weight excluding hydrogens is 232 g/mol. The first kappa shape index (κ1) is 15.0. The van der Waals surface area contributed by atoms with Crippen LogP contribution in [0.15, 0.2) is 6.20 Å². The maximum Gasteiger partial charge on any atom is 0.162 e. The van der Waals surface area contributed by atoms with Crippen LogP contribution in [-0.2, 0) is 11.3 Å². The first-order chi connectivity index (χ1) is 8.36. The SMILES string of the molecule is CCn1ncc(OC)c1C(O)C(OC)C(C)(C)C. The normalized spacial score (nSPS) is 15.5. The molecule has 1 heterocycles. The van der Waals surface area contributed by atoms with Gasteiger partial charge in [0.15, 0.2) is 5.75 Å². The van der Waals surface area contributed by atoms with Crippen molar-refractivity contribution in [2.45, 2.75) is 46.4 Å². The number of aliphatic hydroxyl groups is 1. The average Bonchev–Trinajstić information content (AvgIpc) is 2.70. The van der Waals surface area contributed by atoms with E-state index in [2.05, 4.69) is 5.10 Å². The molecule has 1 aromatic rings. The molecule has 0 amide bonds. The van der Waals surface area contributed by atoms with E-state index < -0.39 is 6.10 Å². The summed E-state index contributed by atoms with van der Waals surface area (Å²) in [5.41, 5.74) is 0.490. The average molecular weight is 256 g/mol. The van der Waals surface area contributed by atoms with E-state index in [0.717, 1.165) is 0 Å². The van der Waals surface area contributed by atoms with Gasteiger partial charge in [-0.25, -0.2) is 0 Å². The lowest BCUT2D eigenvalue weighted by atomic mass is 9.84. The number of methoxy groups -OCH3 is 2. The minimum atomic E-state index is -0.771. The maximum absolute atomic E-state index is 10.6. The number of hydrogen-bond acceptors (Lipinski definition) is 4. The standard InChI is InChI=1S/C13H24N2O3/c1-7-15-10(9(17-5)8-14-15)11(16)12(18-6)13(2,3)4/h8,11-12,16H,7H2,1-6H3. The molecule has 1 aromatic heterocycles. The Hall–Kier alpha value is -1.07. The van der Waals surface area contributed by atoms with Crippen molar-refractivity contribution >= 4 is 0 Å². The molecule has 0 saturated heterocycles. The van der Waals surface area contributed by atoms with Gasteiger partial charge < -0.3 is 14.6 Å². The fraction of sp³-hybridized carbons (Fsp3) is 0.769. The van der Waals surface area contributed by atoms with E-state index in [0.29, 0.717) is 18.0 Å². The Labute approximate surface area is 109 Å². The van der Waals surface area contributed by atoms with Gasteiger partial charge in [0.1, 0.15) is 11.8 Å². The van der Waals surface area contributed by atoms with Crippen LogP contribution >= 0.6 is 0 Å². The largest absolute Gasteiger partial charge is 0.493 e. The van der Waals surface area contributed by atoms with Crippen molar-refractivity contribution in [3.8, 4) is 5.75 Å². The molecule has 1 rings (SSSR count). The van der Waals surface area contributed by atoms with E-state index in [9.17, 15) is 5.11 Å². The van der Waals surface area contributed by atoms with Crippen LogP contribution in [0.25, 0.3) is 0 Å². The van der Waals surface area contributed by atoms with E-state index >= 15 is 0 Å². The molecule has 0 aromatic carbocycles. The van der Waals surface area contributed by atoms with Gasteiger partial charge in [-0.1, -0.05) is 20.8 Å². The lowest BCUT2D eigenvalue weighted by molar-refractivity contribution is -0.0761. The Balaban J connectivity index is 3.15. The van der Waals surface area contributed by atoms with Crippen molar-refractivity contribution < 1.29 is 14.6 Å². The zero-order chi connectivity index (χ0) is 13.9. The fourth-order valence-corrected chi connectivity index (χ4v) is 2.18. The first-order valence-corrected chi connectivity index (χ1v) is 6.17. The van der Waals surface area contributed by atoms with Gasteiger partial charge in [-0.2, -0.15) is 5.10 Å². The number of nitrogens with zero attached hydrogens (tertiary/aromatic N) is 2. The zero-order valence-corrected chi connectivity index (χ0v) is 12.1. The smallest absolute Gasteiger partial charge is 0.162 e. The second kappa shape index (κ2) is 5.71. The van der Waals surface area contributed by atoms with Gasteiger partial charge in [0.25, 0.3) is 0 Å². The van der Waals surface area contributed by atoms with Crippen molar-refractivity contribution in [1.82, 2.24) is 9.78 Å². The molecule has 104 valence electrons. The summed E-state index contributed by atoms with van der Waals surface area (Å²) in [6.45, 7) is 8.74. The van der Waals surface area contributed by atoms with Crippen molar-refractivity contribution in [2.75, 3.05) is 14.2 Å². The van der Waals surface area contributed by atoms with E-state index in [4.69, 9.17) is 9.47 Å². The van der Waals surface area contributed by atoms with Crippen LogP contribution in [0.4, 0.5) is 0 Å². The van der Waals surface area contributed by atoms with E-state index in [1.807, 2.05) is 27.7 Å². The van der Waals surface area contributed by atoms with Crippen molar-refractivity contribution in [3.63, 3.8) is 0 Å². The van der Waals surface area contributed by atoms with E-state index in [1.54, 1.807) is 25.1 Å². The Bertz CT molecular complexity index is 361.